The molecule has 6 heteroatoms. The second-order valence-electron chi connectivity index (χ2n) is 3.00. The highest BCUT2D eigenvalue weighted by Crippen LogP contribution is 2.23. The summed E-state index contributed by atoms with van der Waals surface area (Å²) in [7, 11) is 1.58. The average Bonchev–Trinajstić information content (AvgIpc) is 2.89. The van der Waals surface area contributed by atoms with Crippen LogP contribution in [0.15, 0.2) is 22.0 Å². The van der Waals surface area contributed by atoms with E-state index in [-0.39, 0.29) is 6.04 Å². The zero-order chi connectivity index (χ0) is 10.7. The fraction of sp³-hybridized carbons (Fsp3) is 0.333. The van der Waals surface area contributed by atoms with Gasteiger partial charge >= 0.3 is 0 Å². The van der Waals surface area contributed by atoms with E-state index in [0.29, 0.717) is 18.3 Å². The van der Waals surface area contributed by atoms with Crippen molar-refractivity contribution in [2.45, 2.75) is 6.04 Å². The number of ether oxygens (including phenoxy) is 1. The molecule has 0 aromatic carbocycles. The van der Waals surface area contributed by atoms with E-state index in [1.165, 1.54) is 0 Å². The van der Waals surface area contributed by atoms with Crippen molar-refractivity contribution in [1.82, 2.24) is 10.1 Å². The molecule has 0 aliphatic carbocycles. The third-order valence-corrected chi connectivity index (χ3v) is 2.71. The maximum absolute atomic E-state index is 5.77. The molecular weight excluding hydrogens is 214 g/mol. The summed E-state index contributed by atoms with van der Waals surface area (Å²) in [4.78, 5) is 5.14. The van der Waals surface area contributed by atoms with Crippen LogP contribution in [0.2, 0.25) is 0 Å². The fourth-order valence-electron chi connectivity index (χ4n) is 1.14. The monoisotopic (exact) mass is 225 g/mol. The minimum atomic E-state index is -0.340. The number of hydrogen-bond acceptors (Lipinski definition) is 6. The van der Waals surface area contributed by atoms with E-state index >= 15 is 0 Å². The van der Waals surface area contributed by atoms with Gasteiger partial charge in [-0.15, -0.1) is 11.3 Å². The molecule has 15 heavy (non-hydrogen) atoms. The Morgan fingerprint density at radius 2 is 2.53 bits per heavy atom. The second-order valence-corrected chi connectivity index (χ2v) is 3.94. The van der Waals surface area contributed by atoms with Gasteiger partial charge in [0.25, 0.3) is 5.89 Å². The molecule has 0 saturated carbocycles. The molecule has 0 saturated heterocycles. The topological polar surface area (TPSA) is 74.2 Å². The van der Waals surface area contributed by atoms with Crippen molar-refractivity contribution in [1.29, 1.82) is 0 Å². The van der Waals surface area contributed by atoms with Gasteiger partial charge in [0.05, 0.1) is 17.5 Å². The summed E-state index contributed by atoms with van der Waals surface area (Å²) in [6.07, 6.45) is 0. The Morgan fingerprint density at radius 1 is 1.67 bits per heavy atom. The predicted molar refractivity (Wildman–Crippen MR) is 56.4 cm³/mol. The van der Waals surface area contributed by atoms with Crippen LogP contribution < -0.4 is 5.73 Å². The maximum Gasteiger partial charge on any atom is 0.268 e. The molecule has 0 aliphatic rings. The summed E-state index contributed by atoms with van der Waals surface area (Å²) < 4.78 is 10.0. The van der Waals surface area contributed by atoms with Crippen LogP contribution in [0.25, 0.3) is 10.8 Å². The lowest BCUT2D eigenvalue weighted by Gasteiger charge is -2.02. The molecule has 0 aliphatic heterocycles. The minimum Gasteiger partial charge on any atom is -0.383 e. The van der Waals surface area contributed by atoms with Crippen LogP contribution in [0.3, 0.4) is 0 Å². The van der Waals surface area contributed by atoms with Gasteiger partial charge in [-0.25, -0.2) is 0 Å². The van der Waals surface area contributed by atoms with Gasteiger partial charge in [0.1, 0.15) is 0 Å². The highest BCUT2D eigenvalue weighted by atomic mass is 32.1. The van der Waals surface area contributed by atoms with Gasteiger partial charge in [-0.1, -0.05) is 11.2 Å². The first kappa shape index (κ1) is 10.3. The van der Waals surface area contributed by atoms with E-state index in [9.17, 15) is 0 Å². The third kappa shape index (κ3) is 2.23. The lowest BCUT2D eigenvalue weighted by Crippen LogP contribution is -2.17. The molecule has 0 spiro atoms. The van der Waals surface area contributed by atoms with E-state index in [4.69, 9.17) is 15.0 Å². The van der Waals surface area contributed by atoms with E-state index in [1.54, 1.807) is 18.4 Å². The van der Waals surface area contributed by atoms with Gasteiger partial charge in [-0.3, -0.25) is 0 Å². The van der Waals surface area contributed by atoms with Crippen molar-refractivity contribution in [2.75, 3.05) is 13.7 Å². The first-order valence-corrected chi connectivity index (χ1v) is 5.31. The van der Waals surface area contributed by atoms with Crippen molar-refractivity contribution in [3.63, 3.8) is 0 Å². The standard InChI is InChI=1S/C9H11N3O2S/c1-13-5-6(10)8-11-9(14-12-8)7-3-2-4-15-7/h2-4,6H,5,10H2,1H3. The Hall–Kier alpha value is -1.24. The van der Waals surface area contributed by atoms with Crippen molar-refractivity contribution in [3.05, 3.63) is 23.3 Å². The van der Waals surface area contributed by atoms with Crippen molar-refractivity contribution in [2.24, 2.45) is 5.73 Å². The highest BCUT2D eigenvalue weighted by Gasteiger charge is 2.15. The number of aromatic nitrogens is 2. The third-order valence-electron chi connectivity index (χ3n) is 1.85. The normalized spacial score (nSPS) is 12.9. The van der Waals surface area contributed by atoms with Gasteiger partial charge in [0.15, 0.2) is 5.82 Å². The summed E-state index contributed by atoms with van der Waals surface area (Å²) in [6.45, 7) is 0.378. The smallest absolute Gasteiger partial charge is 0.268 e. The van der Waals surface area contributed by atoms with E-state index in [2.05, 4.69) is 10.1 Å². The Balaban J connectivity index is 2.17. The Bertz CT molecular complexity index is 413. The van der Waals surface area contributed by atoms with Crippen LogP contribution in [0, 0.1) is 0 Å². The number of rotatable bonds is 4. The first-order valence-electron chi connectivity index (χ1n) is 4.43. The highest BCUT2D eigenvalue weighted by molar-refractivity contribution is 7.13. The van der Waals surface area contributed by atoms with Crippen LogP contribution in [0.1, 0.15) is 11.9 Å². The van der Waals surface area contributed by atoms with E-state index in [1.807, 2.05) is 17.5 Å². The van der Waals surface area contributed by atoms with Crippen molar-refractivity contribution >= 4 is 11.3 Å². The van der Waals surface area contributed by atoms with Crippen molar-refractivity contribution in [3.8, 4) is 10.8 Å². The average molecular weight is 225 g/mol. The largest absolute Gasteiger partial charge is 0.383 e. The van der Waals surface area contributed by atoms with Crippen molar-refractivity contribution < 1.29 is 9.26 Å². The lowest BCUT2D eigenvalue weighted by atomic mass is 10.3. The number of nitrogens with zero attached hydrogens (tertiary/aromatic N) is 2. The summed E-state index contributed by atoms with van der Waals surface area (Å²) in [5.74, 6) is 0.979. The Labute approximate surface area is 90.9 Å². The molecule has 2 heterocycles. The summed E-state index contributed by atoms with van der Waals surface area (Å²) in [5, 5.41) is 5.76. The summed E-state index contributed by atoms with van der Waals surface area (Å²) in [5.41, 5.74) is 5.77. The number of hydrogen-bond donors (Lipinski definition) is 1. The molecule has 1 atom stereocenters. The van der Waals surface area contributed by atoms with E-state index in [0.717, 1.165) is 4.88 Å². The number of nitrogens with two attached hydrogens (primary N) is 1. The minimum absolute atomic E-state index is 0.340. The Morgan fingerprint density at radius 3 is 3.20 bits per heavy atom. The summed E-state index contributed by atoms with van der Waals surface area (Å²) in [6, 6.07) is 3.51. The molecule has 2 aromatic heterocycles. The van der Waals surface area contributed by atoms with Crippen LogP contribution in [-0.4, -0.2) is 23.9 Å². The molecule has 0 amide bonds. The van der Waals surface area contributed by atoms with Gasteiger partial charge in [-0.2, -0.15) is 4.98 Å². The van der Waals surface area contributed by atoms with Crippen LogP contribution in [-0.2, 0) is 4.74 Å². The van der Waals surface area contributed by atoms with E-state index < -0.39 is 0 Å². The lowest BCUT2D eigenvalue weighted by molar-refractivity contribution is 0.177. The molecule has 2 rings (SSSR count). The van der Waals surface area contributed by atoms with Crippen LogP contribution >= 0.6 is 11.3 Å². The summed E-state index contributed by atoms with van der Waals surface area (Å²) >= 11 is 1.55. The molecule has 1 unspecified atom stereocenters. The van der Waals surface area contributed by atoms with Gasteiger partial charge in [0.2, 0.25) is 0 Å². The number of methoxy groups -OCH3 is 1. The zero-order valence-electron chi connectivity index (χ0n) is 8.21. The Kier molecular flexibility index (Phi) is 3.10. The molecule has 2 N–H and O–H groups in total. The molecule has 0 radical (unpaired) electrons. The van der Waals surface area contributed by atoms with Gasteiger partial charge < -0.3 is 15.0 Å². The first-order chi connectivity index (χ1) is 7.31. The maximum atomic E-state index is 5.77. The molecule has 80 valence electrons. The zero-order valence-corrected chi connectivity index (χ0v) is 9.03. The van der Waals surface area contributed by atoms with Gasteiger partial charge in [0, 0.05) is 7.11 Å². The fourth-order valence-corrected chi connectivity index (χ4v) is 1.78. The molecular formula is C9H11N3O2S. The van der Waals surface area contributed by atoms with Crippen LogP contribution in [0.4, 0.5) is 0 Å². The van der Waals surface area contributed by atoms with Gasteiger partial charge in [-0.05, 0) is 11.4 Å². The number of thiophene rings is 1. The van der Waals surface area contributed by atoms with Crippen LogP contribution in [0.5, 0.6) is 0 Å². The SMILES string of the molecule is COCC(N)c1noc(-c2cccs2)n1. The molecule has 2 aromatic rings. The quantitative estimate of drug-likeness (QED) is 0.852. The predicted octanol–water partition coefficient (Wildman–Crippen LogP) is 1.44. The second kappa shape index (κ2) is 4.52. The molecule has 5 nitrogen and oxygen atoms in total. The molecule has 0 bridgehead atoms. The molecule has 0 fully saturated rings.